The fourth-order valence-corrected chi connectivity index (χ4v) is 3.02. The molecular formula is C20H24BNO5. The quantitative estimate of drug-likeness (QED) is 0.841. The fraction of sp³-hybridized carbons (Fsp3) is 0.350. The van der Waals surface area contributed by atoms with Crippen LogP contribution in [-0.4, -0.2) is 49.3 Å². The Morgan fingerprint density at radius 1 is 1.07 bits per heavy atom. The summed E-state index contributed by atoms with van der Waals surface area (Å²) in [5.41, 5.74) is 2.34. The Hall–Kier alpha value is -2.35. The average Bonchev–Trinajstić information content (AvgIpc) is 3.10. The molecule has 2 aromatic rings. The molecule has 0 spiro atoms. The molecule has 27 heavy (non-hydrogen) atoms. The molecule has 2 aliphatic heterocycles. The maximum absolute atomic E-state index is 12.4. The summed E-state index contributed by atoms with van der Waals surface area (Å²) in [4.78, 5) is 14.2. The Balaban J connectivity index is 0.00000102. The summed E-state index contributed by atoms with van der Waals surface area (Å²) in [5.74, 6) is 1.33. The second-order valence-electron chi connectivity index (χ2n) is 6.05. The normalized spacial score (nSPS) is 15.7. The summed E-state index contributed by atoms with van der Waals surface area (Å²) in [7, 11) is -0.852. The highest BCUT2D eigenvalue weighted by Gasteiger charge is 2.27. The van der Waals surface area contributed by atoms with Crippen LogP contribution in [0.5, 0.6) is 11.5 Å². The van der Waals surface area contributed by atoms with Crippen LogP contribution < -0.4 is 10.2 Å². The zero-order valence-corrected chi connectivity index (χ0v) is 15.7. The molecule has 0 aliphatic carbocycles. The standard InChI is InChI=1S/C18H18BNO5.C2H6/c21-18(20-7-9-23-10-8-20)13-1-3-15(4-2-13)25-16-5-6-17-14(11-16)12-24-19(17)22;1-2/h1-6,11,22H,7-10,12H2;1-2H3. The van der Waals surface area contributed by atoms with Crippen LogP contribution in [0.4, 0.5) is 0 Å². The Kier molecular flexibility index (Phi) is 6.50. The fourth-order valence-electron chi connectivity index (χ4n) is 3.02. The van der Waals surface area contributed by atoms with Gasteiger partial charge in [-0.2, -0.15) is 0 Å². The lowest BCUT2D eigenvalue weighted by molar-refractivity contribution is 0.0303. The summed E-state index contributed by atoms with van der Waals surface area (Å²) >= 11 is 0. The summed E-state index contributed by atoms with van der Waals surface area (Å²) in [6.45, 7) is 6.80. The third-order valence-corrected chi connectivity index (χ3v) is 4.41. The van der Waals surface area contributed by atoms with Crippen molar-refractivity contribution in [3.63, 3.8) is 0 Å². The van der Waals surface area contributed by atoms with Crippen molar-refractivity contribution in [2.45, 2.75) is 20.5 Å². The Bertz CT molecular complexity index is 774. The molecule has 2 heterocycles. The number of hydrogen-bond donors (Lipinski definition) is 1. The lowest BCUT2D eigenvalue weighted by Crippen LogP contribution is -2.40. The second kappa shape index (κ2) is 9.04. The molecule has 0 bridgehead atoms. The van der Waals surface area contributed by atoms with Crippen molar-refractivity contribution in [3.05, 3.63) is 53.6 Å². The highest BCUT2D eigenvalue weighted by molar-refractivity contribution is 6.61. The number of benzene rings is 2. The number of carbonyl (C=O) groups is 1. The number of morpholine rings is 1. The van der Waals surface area contributed by atoms with E-state index in [1.54, 1.807) is 41.3 Å². The number of rotatable bonds is 3. The third-order valence-electron chi connectivity index (χ3n) is 4.41. The Morgan fingerprint density at radius 3 is 2.44 bits per heavy atom. The zero-order chi connectivity index (χ0) is 19.2. The topological polar surface area (TPSA) is 68.2 Å². The van der Waals surface area contributed by atoms with Crippen LogP contribution in [0.1, 0.15) is 29.8 Å². The van der Waals surface area contributed by atoms with Crippen LogP contribution in [0.25, 0.3) is 0 Å². The highest BCUT2D eigenvalue weighted by Crippen LogP contribution is 2.24. The highest BCUT2D eigenvalue weighted by atomic mass is 16.5. The van der Waals surface area contributed by atoms with E-state index in [0.29, 0.717) is 50.0 Å². The van der Waals surface area contributed by atoms with Crippen LogP contribution in [0.2, 0.25) is 0 Å². The minimum Gasteiger partial charge on any atom is -0.457 e. The van der Waals surface area contributed by atoms with Gasteiger partial charge >= 0.3 is 7.12 Å². The predicted molar refractivity (Wildman–Crippen MR) is 103 cm³/mol. The summed E-state index contributed by atoms with van der Waals surface area (Å²) in [5, 5.41) is 9.65. The zero-order valence-electron chi connectivity index (χ0n) is 15.7. The number of ether oxygens (including phenoxy) is 2. The lowest BCUT2D eigenvalue weighted by Gasteiger charge is -2.26. The van der Waals surface area contributed by atoms with Crippen LogP contribution >= 0.6 is 0 Å². The third kappa shape index (κ3) is 4.50. The number of amides is 1. The number of carbonyl (C=O) groups excluding carboxylic acids is 1. The Morgan fingerprint density at radius 2 is 1.74 bits per heavy atom. The van der Waals surface area contributed by atoms with E-state index in [2.05, 4.69) is 0 Å². The SMILES string of the molecule is CC.O=C(c1ccc(Oc2ccc3c(c2)COB3O)cc1)N1CCOCC1. The van der Waals surface area contributed by atoms with Crippen molar-refractivity contribution in [1.29, 1.82) is 0 Å². The molecule has 1 saturated heterocycles. The molecule has 142 valence electrons. The molecule has 2 aliphatic rings. The van der Waals surface area contributed by atoms with Gasteiger partial charge in [0.25, 0.3) is 5.91 Å². The molecule has 0 radical (unpaired) electrons. The van der Waals surface area contributed by atoms with Gasteiger partial charge in [0, 0.05) is 18.7 Å². The van der Waals surface area contributed by atoms with Crippen molar-refractivity contribution in [1.82, 2.24) is 4.90 Å². The minimum absolute atomic E-state index is 0.0125. The predicted octanol–water partition coefficient (Wildman–Crippen LogP) is 2.20. The molecule has 4 rings (SSSR count). The molecule has 1 N–H and O–H groups in total. The largest absolute Gasteiger partial charge is 0.491 e. The van der Waals surface area contributed by atoms with E-state index in [1.807, 2.05) is 19.9 Å². The number of nitrogens with zero attached hydrogens (tertiary/aromatic N) is 1. The van der Waals surface area contributed by atoms with Gasteiger partial charge in [-0.05, 0) is 47.4 Å². The first-order chi connectivity index (χ1) is 13.2. The van der Waals surface area contributed by atoms with Gasteiger partial charge in [-0.3, -0.25) is 4.79 Å². The monoisotopic (exact) mass is 369 g/mol. The smallest absolute Gasteiger partial charge is 0.457 e. The molecule has 6 nitrogen and oxygen atoms in total. The second-order valence-corrected chi connectivity index (χ2v) is 6.05. The first-order valence-electron chi connectivity index (χ1n) is 9.28. The molecular weight excluding hydrogens is 345 g/mol. The van der Waals surface area contributed by atoms with Crippen LogP contribution in [-0.2, 0) is 16.0 Å². The summed E-state index contributed by atoms with van der Waals surface area (Å²) in [6, 6.07) is 12.6. The number of hydrogen-bond acceptors (Lipinski definition) is 5. The molecule has 7 heteroatoms. The van der Waals surface area contributed by atoms with Crippen LogP contribution in [0.3, 0.4) is 0 Å². The first kappa shape index (κ1) is 19.4. The Labute approximate surface area is 159 Å². The van der Waals surface area contributed by atoms with Gasteiger partial charge in [0.05, 0.1) is 19.8 Å². The van der Waals surface area contributed by atoms with E-state index in [9.17, 15) is 9.82 Å². The van der Waals surface area contributed by atoms with Crippen molar-refractivity contribution in [3.8, 4) is 11.5 Å². The minimum atomic E-state index is -0.852. The molecule has 0 unspecified atom stereocenters. The van der Waals surface area contributed by atoms with Crippen LogP contribution in [0.15, 0.2) is 42.5 Å². The average molecular weight is 369 g/mol. The van der Waals surface area contributed by atoms with Gasteiger partial charge in [-0.1, -0.05) is 19.9 Å². The summed E-state index contributed by atoms with van der Waals surface area (Å²) < 4.78 is 16.3. The molecule has 2 aromatic carbocycles. The maximum Gasteiger partial charge on any atom is 0.491 e. The van der Waals surface area contributed by atoms with E-state index < -0.39 is 7.12 Å². The maximum atomic E-state index is 12.4. The number of fused-ring (bicyclic) bond motifs is 1. The van der Waals surface area contributed by atoms with E-state index in [4.69, 9.17) is 14.1 Å². The molecule has 1 amide bonds. The lowest BCUT2D eigenvalue weighted by atomic mass is 9.80. The van der Waals surface area contributed by atoms with Gasteiger partial charge in [0.2, 0.25) is 0 Å². The molecule has 1 fully saturated rings. The van der Waals surface area contributed by atoms with Crippen molar-refractivity contribution < 1.29 is 23.9 Å². The van der Waals surface area contributed by atoms with Gasteiger partial charge < -0.3 is 24.1 Å². The van der Waals surface area contributed by atoms with Crippen molar-refractivity contribution in [2.24, 2.45) is 0 Å². The van der Waals surface area contributed by atoms with Gasteiger partial charge in [0.1, 0.15) is 11.5 Å². The van der Waals surface area contributed by atoms with Crippen LogP contribution in [0, 0.1) is 0 Å². The van der Waals surface area contributed by atoms with E-state index >= 15 is 0 Å². The van der Waals surface area contributed by atoms with Crippen molar-refractivity contribution >= 4 is 18.5 Å². The first-order valence-corrected chi connectivity index (χ1v) is 9.28. The molecule has 0 saturated carbocycles. The summed E-state index contributed by atoms with van der Waals surface area (Å²) in [6.07, 6.45) is 0. The van der Waals surface area contributed by atoms with Crippen molar-refractivity contribution in [2.75, 3.05) is 26.3 Å². The van der Waals surface area contributed by atoms with E-state index in [1.165, 1.54) is 0 Å². The van der Waals surface area contributed by atoms with Gasteiger partial charge in [0.15, 0.2) is 0 Å². The van der Waals surface area contributed by atoms with Gasteiger partial charge in [-0.25, -0.2) is 0 Å². The van der Waals surface area contributed by atoms with Gasteiger partial charge in [-0.15, -0.1) is 0 Å². The molecule has 0 aromatic heterocycles. The van der Waals surface area contributed by atoms with E-state index in [-0.39, 0.29) is 5.91 Å². The molecule has 0 atom stereocenters. The van der Waals surface area contributed by atoms with E-state index in [0.717, 1.165) is 11.0 Å².